The molecule has 1 amide bonds. The third-order valence-electron chi connectivity index (χ3n) is 3.85. The van der Waals surface area contributed by atoms with Crippen molar-refractivity contribution in [3.8, 4) is 6.07 Å². The molecule has 26 heavy (non-hydrogen) atoms. The predicted octanol–water partition coefficient (Wildman–Crippen LogP) is 3.11. The number of carbonyl (C=O) groups excluding carboxylic acids is 1. The van der Waals surface area contributed by atoms with E-state index in [1.807, 2.05) is 6.07 Å². The van der Waals surface area contributed by atoms with E-state index in [1.165, 1.54) is 18.7 Å². The summed E-state index contributed by atoms with van der Waals surface area (Å²) in [7, 11) is 0. The molecule has 0 radical (unpaired) electrons. The lowest BCUT2D eigenvalue weighted by Gasteiger charge is -2.10. The second kappa shape index (κ2) is 6.91. The number of nitrogens with two attached hydrogens (primary N) is 1. The zero-order valence-corrected chi connectivity index (χ0v) is 13.9. The van der Waals surface area contributed by atoms with E-state index in [-0.39, 0.29) is 11.4 Å². The highest BCUT2D eigenvalue weighted by molar-refractivity contribution is 6.14. The number of nitriles is 1. The molecule has 0 spiro atoms. The Morgan fingerprint density at radius 1 is 1.35 bits per heavy atom. The van der Waals surface area contributed by atoms with Gasteiger partial charge in [-0.25, -0.2) is 4.98 Å². The number of benzene rings is 1. The van der Waals surface area contributed by atoms with Crippen LogP contribution >= 0.6 is 0 Å². The molecule has 1 aromatic carbocycles. The number of nitrogens with one attached hydrogen (secondary N) is 2. The minimum absolute atomic E-state index is 0.194. The summed E-state index contributed by atoms with van der Waals surface area (Å²) in [6.45, 7) is 1.74. The van der Waals surface area contributed by atoms with Crippen LogP contribution in [0.2, 0.25) is 0 Å². The van der Waals surface area contributed by atoms with Crippen LogP contribution in [-0.2, 0) is 0 Å². The molecule has 3 rings (SSSR count). The Labute approximate surface area is 149 Å². The summed E-state index contributed by atoms with van der Waals surface area (Å²) in [5.41, 5.74) is 9.42. The molecule has 0 bridgehead atoms. The van der Waals surface area contributed by atoms with Crippen LogP contribution < -0.4 is 11.1 Å². The number of nitrogen functional groups attached to an aromatic ring is 1. The summed E-state index contributed by atoms with van der Waals surface area (Å²) in [6, 6.07) is 10.1. The molecule has 7 nitrogen and oxygen atoms in total. The first-order chi connectivity index (χ1) is 12.5. The Bertz CT molecular complexity index is 1030. The number of pyridine rings is 1. The summed E-state index contributed by atoms with van der Waals surface area (Å²) in [5, 5.41) is 19.9. The van der Waals surface area contributed by atoms with Gasteiger partial charge in [0.15, 0.2) is 0 Å². The zero-order chi connectivity index (χ0) is 18.7. The van der Waals surface area contributed by atoms with Gasteiger partial charge in [-0.1, -0.05) is 0 Å². The molecule has 2 heterocycles. The van der Waals surface area contributed by atoms with E-state index in [2.05, 4.69) is 10.3 Å². The van der Waals surface area contributed by atoms with Gasteiger partial charge in [0.2, 0.25) is 0 Å². The van der Waals surface area contributed by atoms with Crippen molar-refractivity contribution in [1.29, 1.82) is 10.7 Å². The van der Waals surface area contributed by atoms with Crippen LogP contribution in [0.25, 0.3) is 0 Å². The van der Waals surface area contributed by atoms with Crippen LogP contribution in [0.15, 0.2) is 53.5 Å². The number of nitrogens with zero attached hydrogens (tertiary/aromatic N) is 2. The molecular formula is C19H15N5O2. The van der Waals surface area contributed by atoms with Crippen molar-refractivity contribution in [3.05, 3.63) is 77.0 Å². The molecular weight excluding hydrogens is 330 g/mol. The molecule has 0 aliphatic heterocycles. The number of anilines is 2. The zero-order valence-electron chi connectivity index (χ0n) is 13.9. The van der Waals surface area contributed by atoms with Crippen molar-refractivity contribution >= 4 is 23.0 Å². The summed E-state index contributed by atoms with van der Waals surface area (Å²) in [5.74, 6) is -0.414. The largest absolute Gasteiger partial charge is 0.472 e. The molecule has 4 N–H and O–H groups in total. The molecule has 0 fully saturated rings. The van der Waals surface area contributed by atoms with E-state index in [0.29, 0.717) is 33.6 Å². The van der Waals surface area contributed by atoms with Gasteiger partial charge in [0.25, 0.3) is 5.91 Å². The second-order valence-electron chi connectivity index (χ2n) is 5.64. The number of hydrogen-bond acceptors (Lipinski definition) is 6. The summed E-state index contributed by atoms with van der Waals surface area (Å²) >= 11 is 0. The third-order valence-corrected chi connectivity index (χ3v) is 3.85. The number of furan rings is 1. The second-order valence-corrected chi connectivity index (χ2v) is 5.64. The van der Waals surface area contributed by atoms with Gasteiger partial charge in [-0.2, -0.15) is 5.26 Å². The van der Waals surface area contributed by atoms with Crippen LogP contribution in [-0.4, -0.2) is 16.6 Å². The van der Waals surface area contributed by atoms with Crippen LogP contribution in [0.1, 0.15) is 32.7 Å². The van der Waals surface area contributed by atoms with Gasteiger partial charge in [0, 0.05) is 28.7 Å². The molecule has 2 aromatic heterocycles. The Morgan fingerprint density at radius 3 is 2.81 bits per heavy atom. The Balaban J connectivity index is 1.85. The SMILES string of the molecule is Cc1cc(C(=O)Nc2ccc(N)c(C(=N)c3ccoc3)c2)ncc1C#N. The minimum Gasteiger partial charge on any atom is -0.472 e. The average Bonchev–Trinajstić information content (AvgIpc) is 3.17. The first-order valence-electron chi connectivity index (χ1n) is 7.68. The van der Waals surface area contributed by atoms with Gasteiger partial charge in [0.05, 0.1) is 23.8 Å². The molecule has 7 heteroatoms. The maximum absolute atomic E-state index is 12.4. The molecule has 128 valence electrons. The fourth-order valence-electron chi connectivity index (χ4n) is 2.41. The minimum atomic E-state index is -0.414. The highest BCUT2D eigenvalue weighted by Crippen LogP contribution is 2.22. The fourth-order valence-corrected chi connectivity index (χ4v) is 2.41. The van der Waals surface area contributed by atoms with Gasteiger partial charge < -0.3 is 15.5 Å². The topological polar surface area (TPSA) is 129 Å². The summed E-state index contributed by atoms with van der Waals surface area (Å²) < 4.78 is 5.00. The van der Waals surface area contributed by atoms with Crippen LogP contribution in [0, 0.1) is 23.7 Å². The van der Waals surface area contributed by atoms with Crippen molar-refractivity contribution in [2.24, 2.45) is 0 Å². The highest BCUT2D eigenvalue weighted by atomic mass is 16.3. The van der Waals surface area contributed by atoms with Crippen LogP contribution in [0.3, 0.4) is 0 Å². The summed E-state index contributed by atoms with van der Waals surface area (Å²) in [6.07, 6.45) is 4.30. The van der Waals surface area contributed by atoms with Gasteiger partial charge in [-0.3, -0.25) is 10.2 Å². The predicted molar refractivity (Wildman–Crippen MR) is 97.1 cm³/mol. The lowest BCUT2D eigenvalue weighted by atomic mass is 10.0. The van der Waals surface area contributed by atoms with E-state index in [0.717, 1.165) is 0 Å². The van der Waals surface area contributed by atoms with E-state index in [1.54, 1.807) is 37.3 Å². The highest BCUT2D eigenvalue weighted by Gasteiger charge is 2.14. The van der Waals surface area contributed by atoms with Crippen molar-refractivity contribution in [1.82, 2.24) is 4.98 Å². The normalized spacial score (nSPS) is 10.2. The molecule has 3 aromatic rings. The number of aryl methyl sites for hydroxylation is 1. The average molecular weight is 345 g/mol. The summed E-state index contributed by atoms with van der Waals surface area (Å²) in [4.78, 5) is 16.4. The number of rotatable bonds is 4. The number of aromatic nitrogens is 1. The quantitative estimate of drug-likeness (QED) is 0.494. The molecule has 0 aliphatic rings. The Kier molecular flexibility index (Phi) is 4.50. The lowest BCUT2D eigenvalue weighted by molar-refractivity contribution is 0.102. The van der Waals surface area contributed by atoms with Crippen molar-refractivity contribution in [2.75, 3.05) is 11.1 Å². The smallest absolute Gasteiger partial charge is 0.274 e. The van der Waals surface area contributed by atoms with Crippen LogP contribution in [0.5, 0.6) is 0 Å². The van der Waals surface area contributed by atoms with Gasteiger partial charge >= 0.3 is 0 Å². The maximum atomic E-state index is 12.4. The van der Waals surface area contributed by atoms with E-state index in [4.69, 9.17) is 20.8 Å². The molecule has 0 saturated heterocycles. The third kappa shape index (κ3) is 3.30. The van der Waals surface area contributed by atoms with Gasteiger partial charge in [-0.05, 0) is 42.8 Å². The van der Waals surface area contributed by atoms with E-state index >= 15 is 0 Å². The maximum Gasteiger partial charge on any atom is 0.274 e. The Hall–Kier alpha value is -3.92. The number of carbonyl (C=O) groups is 1. The van der Waals surface area contributed by atoms with Crippen molar-refractivity contribution in [2.45, 2.75) is 6.92 Å². The molecule has 0 aliphatic carbocycles. The molecule has 0 unspecified atom stereocenters. The lowest BCUT2D eigenvalue weighted by Crippen LogP contribution is -2.15. The van der Waals surface area contributed by atoms with Gasteiger partial charge in [-0.15, -0.1) is 0 Å². The van der Waals surface area contributed by atoms with E-state index < -0.39 is 5.91 Å². The molecule has 0 saturated carbocycles. The standard InChI is InChI=1S/C19H15N5O2/c1-11-6-17(23-9-13(11)8-20)19(25)24-14-2-3-16(21)15(7-14)18(22)12-4-5-26-10-12/h2-7,9-10,22H,21H2,1H3,(H,24,25). The van der Waals surface area contributed by atoms with Crippen molar-refractivity contribution in [3.63, 3.8) is 0 Å². The monoisotopic (exact) mass is 345 g/mol. The fraction of sp³-hybridized carbons (Fsp3) is 0.0526. The van der Waals surface area contributed by atoms with E-state index in [9.17, 15) is 4.79 Å². The van der Waals surface area contributed by atoms with Crippen molar-refractivity contribution < 1.29 is 9.21 Å². The first kappa shape index (κ1) is 16.9. The Morgan fingerprint density at radius 2 is 2.15 bits per heavy atom. The van der Waals surface area contributed by atoms with Gasteiger partial charge in [0.1, 0.15) is 11.8 Å². The molecule has 0 atom stereocenters. The number of amides is 1. The van der Waals surface area contributed by atoms with Crippen LogP contribution in [0.4, 0.5) is 11.4 Å². The first-order valence-corrected chi connectivity index (χ1v) is 7.68. The number of hydrogen-bond donors (Lipinski definition) is 3.